The van der Waals surface area contributed by atoms with Gasteiger partial charge in [-0.05, 0) is 89.3 Å². The molecule has 3 unspecified atom stereocenters. The van der Waals surface area contributed by atoms with E-state index < -0.39 is 29.4 Å². The number of benzene rings is 1. The molecule has 1 aliphatic rings. The number of ether oxygens (including phenoxy) is 5. The minimum Gasteiger partial charge on any atom is -0.493 e. The lowest BCUT2D eigenvalue weighted by molar-refractivity contribution is -0.130. The number of nitrogens with one attached hydrogen (secondary N) is 2. The van der Waals surface area contributed by atoms with Crippen LogP contribution in [-0.4, -0.2) is 87.3 Å². The van der Waals surface area contributed by atoms with Gasteiger partial charge in [-0.2, -0.15) is 0 Å². The Morgan fingerprint density at radius 1 is 0.959 bits per heavy atom. The molecule has 0 aliphatic carbocycles. The summed E-state index contributed by atoms with van der Waals surface area (Å²) < 4.78 is 29.5. The molecule has 0 radical (unpaired) electrons. The molecule has 5 atom stereocenters. The number of nitrogens with zero attached hydrogens (tertiary/aromatic N) is 1. The van der Waals surface area contributed by atoms with Gasteiger partial charge in [0.1, 0.15) is 11.3 Å². The molecule has 49 heavy (non-hydrogen) atoms. The first-order chi connectivity index (χ1) is 22.8. The van der Waals surface area contributed by atoms with Crippen LogP contribution in [0.4, 0.5) is 4.79 Å². The summed E-state index contributed by atoms with van der Waals surface area (Å²) in [4.78, 5) is 41.3. The summed E-state index contributed by atoms with van der Waals surface area (Å²) in [7, 11) is 4.89. The van der Waals surface area contributed by atoms with Crippen LogP contribution >= 0.6 is 0 Å². The first-order valence-electron chi connectivity index (χ1n) is 17.8. The Balaban J connectivity index is 2.44. The Labute approximate surface area is 295 Å². The smallest absolute Gasteiger partial charge is 0.412 e. The van der Waals surface area contributed by atoms with E-state index in [2.05, 4.69) is 30.5 Å². The van der Waals surface area contributed by atoms with Crippen LogP contribution < -0.4 is 20.1 Å². The van der Waals surface area contributed by atoms with Crippen molar-refractivity contribution in [3.05, 3.63) is 23.8 Å². The molecular weight excluding hydrogens is 626 g/mol. The van der Waals surface area contributed by atoms with Crippen molar-refractivity contribution in [1.29, 1.82) is 0 Å². The molecule has 2 N–H and O–H groups in total. The lowest BCUT2D eigenvalue weighted by Gasteiger charge is -2.37. The van der Waals surface area contributed by atoms with Gasteiger partial charge in [-0.3, -0.25) is 14.5 Å². The average molecular weight is 692 g/mol. The second kappa shape index (κ2) is 18.8. The number of methoxy groups -OCH3 is 2. The SMILES string of the molecule is CNC(=O)C(C)CNC(=O)[C@@H](CC1OC(C)(C)N(C(=O)OC(C)(C)C)C1C[C@H](Cc1ccc(OC)c(OCCCOC)c1)C(C)C)C(C)C. The Kier molecular flexibility index (Phi) is 16.2. The average Bonchev–Trinajstić information content (AvgIpc) is 3.27. The largest absolute Gasteiger partial charge is 0.493 e. The molecule has 1 heterocycles. The summed E-state index contributed by atoms with van der Waals surface area (Å²) in [6, 6.07) is 5.69. The molecule has 1 aromatic rings. The van der Waals surface area contributed by atoms with Gasteiger partial charge in [-0.15, -0.1) is 0 Å². The summed E-state index contributed by atoms with van der Waals surface area (Å²) >= 11 is 0. The van der Waals surface area contributed by atoms with Crippen molar-refractivity contribution < 1.29 is 38.1 Å². The van der Waals surface area contributed by atoms with E-state index in [1.165, 1.54) is 0 Å². The fourth-order valence-corrected chi connectivity index (χ4v) is 6.41. The fraction of sp³-hybridized carbons (Fsp3) is 0.763. The lowest BCUT2D eigenvalue weighted by Crippen LogP contribution is -2.51. The number of hydrogen-bond acceptors (Lipinski definition) is 8. The molecule has 1 aliphatic heterocycles. The van der Waals surface area contributed by atoms with Crippen LogP contribution in [0.15, 0.2) is 18.2 Å². The number of carbonyl (C=O) groups is 3. The highest BCUT2D eigenvalue weighted by Crippen LogP contribution is 2.41. The van der Waals surface area contributed by atoms with E-state index >= 15 is 0 Å². The van der Waals surface area contributed by atoms with E-state index in [0.717, 1.165) is 18.4 Å². The van der Waals surface area contributed by atoms with Crippen molar-refractivity contribution in [3.63, 3.8) is 0 Å². The zero-order chi connectivity index (χ0) is 37.1. The van der Waals surface area contributed by atoms with Gasteiger partial charge in [0, 0.05) is 39.6 Å². The number of hydrogen-bond donors (Lipinski definition) is 2. The Morgan fingerprint density at radius 2 is 1.63 bits per heavy atom. The van der Waals surface area contributed by atoms with Gasteiger partial charge in [0.15, 0.2) is 11.5 Å². The molecule has 1 fully saturated rings. The van der Waals surface area contributed by atoms with E-state index in [1.54, 1.807) is 33.1 Å². The molecule has 2 rings (SSSR count). The molecule has 280 valence electrons. The van der Waals surface area contributed by atoms with Gasteiger partial charge in [0.05, 0.1) is 31.8 Å². The van der Waals surface area contributed by atoms with Gasteiger partial charge in [-0.25, -0.2) is 4.79 Å². The first-order valence-corrected chi connectivity index (χ1v) is 17.8. The van der Waals surface area contributed by atoms with E-state index in [1.807, 2.05) is 60.6 Å². The maximum absolute atomic E-state index is 13.9. The highest BCUT2D eigenvalue weighted by Gasteiger charge is 2.52. The zero-order valence-corrected chi connectivity index (χ0v) is 32.4. The van der Waals surface area contributed by atoms with Crippen LogP contribution in [0.1, 0.15) is 94.1 Å². The van der Waals surface area contributed by atoms with Gasteiger partial charge in [0.2, 0.25) is 11.8 Å². The quantitative estimate of drug-likeness (QED) is 0.174. The van der Waals surface area contributed by atoms with Crippen molar-refractivity contribution >= 4 is 17.9 Å². The second-order valence-corrected chi connectivity index (χ2v) is 15.5. The van der Waals surface area contributed by atoms with Crippen molar-refractivity contribution in [2.45, 2.75) is 118 Å². The van der Waals surface area contributed by atoms with Gasteiger partial charge in [-0.1, -0.05) is 40.7 Å². The molecular formula is C38H65N3O8. The predicted molar refractivity (Wildman–Crippen MR) is 192 cm³/mol. The highest BCUT2D eigenvalue weighted by molar-refractivity contribution is 5.81. The van der Waals surface area contributed by atoms with Crippen LogP contribution in [0.3, 0.4) is 0 Å². The molecule has 11 nitrogen and oxygen atoms in total. The van der Waals surface area contributed by atoms with Crippen LogP contribution in [0.5, 0.6) is 11.5 Å². The summed E-state index contributed by atoms with van der Waals surface area (Å²) in [5, 5.41) is 5.63. The van der Waals surface area contributed by atoms with Crippen molar-refractivity contribution in [2.75, 3.05) is 41.0 Å². The molecule has 0 saturated carbocycles. The Bertz CT molecular complexity index is 1210. The fourth-order valence-electron chi connectivity index (χ4n) is 6.41. The van der Waals surface area contributed by atoms with Gasteiger partial charge in [0.25, 0.3) is 0 Å². The van der Waals surface area contributed by atoms with Crippen LogP contribution in [0.2, 0.25) is 0 Å². The molecule has 3 amide bonds. The van der Waals surface area contributed by atoms with Crippen molar-refractivity contribution in [3.8, 4) is 11.5 Å². The maximum atomic E-state index is 13.9. The van der Waals surface area contributed by atoms with Gasteiger partial charge >= 0.3 is 6.09 Å². The number of rotatable bonds is 18. The van der Waals surface area contributed by atoms with E-state index in [9.17, 15) is 14.4 Å². The first kappa shape index (κ1) is 42.1. The van der Waals surface area contributed by atoms with E-state index in [-0.39, 0.29) is 48.1 Å². The van der Waals surface area contributed by atoms with Crippen molar-refractivity contribution in [2.24, 2.45) is 29.6 Å². The normalized spacial score (nSPS) is 19.4. The van der Waals surface area contributed by atoms with Crippen LogP contribution in [0, 0.1) is 29.6 Å². The standard InChI is InChI=1S/C38H65N3O8/c1-24(2)28(19-27-15-16-31(46-13)33(20-27)47-18-14-17-45-12)21-30-32(48-38(9,10)41(30)36(44)49-37(6,7)8)22-29(25(3)4)35(43)40-23-26(5)34(42)39-11/h15-16,20,24-26,28-30,32H,14,17-19,21-23H2,1-13H3,(H,39,42)(H,40,43)/t26?,28-,29-,30?,32?/m0/s1. The summed E-state index contributed by atoms with van der Waals surface area (Å²) in [5.41, 5.74) is -0.559. The number of carbonyl (C=O) groups excluding carboxylic acids is 3. The molecule has 1 saturated heterocycles. The Hall–Kier alpha value is -3.05. The van der Waals surface area contributed by atoms with E-state index in [4.69, 9.17) is 23.7 Å². The third kappa shape index (κ3) is 12.7. The maximum Gasteiger partial charge on any atom is 0.412 e. The van der Waals surface area contributed by atoms with Crippen LogP contribution in [0.25, 0.3) is 0 Å². The number of amides is 3. The van der Waals surface area contributed by atoms with Gasteiger partial charge < -0.3 is 34.3 Å². The Morgan fingerprint density at radius 3 is 2.18 bits per heavy atom. The third-order valence-electron chi connectivity index (χ3n) is 9.24. The van der Waals surface area contributed by atoms with Crippen molar-refractivity contribution in [1.82, 2.24) is 15.5 Å². The van der Waals surface area contributed by atoms with Crippen LogP contribution in [-0.2, 0) is 30.2 Å². The monoisotopic (exact) mass is 691 g/mol. The summed E-state index contributed by atoms with van der Waals surface area (Å²) in [5.74, 6) is 0.782. The highest BCUT2D eigenvalue weighted by atomic mass is 16.6. The molecule has 0 spiro atoms. The minimum atomic E-state index is -0.964. The molecule has 1 aromatic carbocycles. The lowest BCUT2D eigenvalue weighted by atomic mass is 9.80. The third-order valence-corrected chi connectivity index (χ3v) is 9.24. The second-order valence-electron chi connectivity index (χ2n) is 15.5. The van der Waals surface area contributed by atoms with E-state index in [0.29, 0.717) is 37.6 Å². The zero-order valence-electron chi connectivity index (χ0n) is 32.4. The predicted octanol–water partition coefficient (Wildman–Crippen LogP) is 6.22. The molecule has 11 heteroatoms. The summed E-state index contributed by atoms with van der Waals surface area (Å²) in [6.45, 7) is 20.9. The molecule has 0 bridgehead atoms. The minimum absolute atomic E-state index is 0.000696. The topological polar surface area (TPSA) is 125 Å². The summed E-state index contributed by atoms with van der Waals surface area (Å²) in [6.07, 6.45) is 1.70. The molecule has 0 aromatic heterocycles.